The van der Waals surface area contributed by atoms with Gasteiger partial charge >= 0.3 is 0 Å². The fourth-order valence-electron chi connectivity index (χ4n) is 2.11. The first kappa shape index (κ1) is 16.5. The van der Waals surface area contributed by atoms with Crippen molar-refractivity contribution in [3.63, 3.8) is 0 Å². The SMILES string of the molecule is CCOc1cc(C)c(C=NN=C2NC(=O)CS2)cc1C(C)C. The van der Waals surface area contributed by atoms with Crippen molar-refractivity contribution in [3.05, 3.63) is 28.8 Å². The summed E-state index contributed by atoms with van der Waals surface area (Å²) in [6.45, 7) is 8.93. The predicted octanol–water partition coefficient (Wildman–Crippen LogP) is 3.07. The Morgan fingerprint density at radius 2 is 2.23 bits per heavy atom. The number of aryl methyl sites for hydroxylation is 1. The average Bonchev–Trinajstić information content (AvgIpc) is 2.87. The highest BCUT2D eigenvalue weighted by molar-refractivity contribution is 8.15. The Morgan fingerprint density at radius 1 is 1.45 bits per heavy atom. The highest BCUT2D eigenvalue weighted by Gasteiger charge is 2.16. The van der Waals surface area contributed by atoms with Crippen LogP contribution in [-0.2, 0) is 4.79 Å². The summed E-state index contributed by atoms with van der Waals surface area (Å²) in [4.78, 5) is 11.1. The first-order valence-electron chi connectivity index (χ1n) is 7.32. The van der Waals surface area contributed by atoms with Crippen molar-refractivity contribution in [1.29, 1.82) is 0 Å². The van der Waals surface area contributed by atoms with Crippen molar-refractivity contribution in [1.82, 2.24) is 5.32 Å². The Balaban J connectivity index is 2.23. The van der Waals surface area contributed by atoms with Crippen LogP contribution in [0.25, 0.3) is 0 Å². The lowest BCUT2D eigenvalue weighted by atomic mass is 9.97. The van der Waals surface area contributed by atoms with Gasteiger partial charge in [0.1, 0.15) is 5.75 Å². The molecule has 1 amide bonds. The molecule has 0 aliphatic carbocycles. The summed E-state index contributed by atoms with van der Waals surface area (Å²) < 4.78 is 5.71. The number of hydrogen-bond donors (Lipinski definition) is 1. The number of ether oxygens (including phenoxy) is 1. The molecule has 0 spiro atoms. The van der Waals surface area contributed by atoms with Gasteiger partial charge in [-0.25, -0.2) is 0 Å². The monoisotopic (exact) mass is 319 g/mol. The van der Waals surface area contributed by atoms with Gasteiger partial charge in [0.15, 0.2) is 5.17 Å². The van der Waals surface area contributed by atoms with Crippen LogP contribution in [0.1, 0.15) is 43.4 Å². The summed E-state index contributed by atoms with van der Waals surface area (Å²) in [5.41, 5.74) is 3.25. The molecule has 0 atom stereocenters. The van der Waals surface area contributed by atoms with Crippen LogP contribution in [0.4, 0.5) is 0 Å². The molecule has 1 aromatic rings. The molecule has 0 unspecified atom stereocenters. The first-order chi connectivity index (χ1) is 10.5. The molecule has 1 aliphatic rings. The Bertz CT molecular complexity index is 624. The van der Waals surface area contributed by atoms with E-state index in [0.29, 0.717) is 23.4 Å². The van der Waals surface area contributed by atoms with Crippen LogP contribution in [0, 0.1) is 6.92 Å². The van der Waals surface area contributed by atoms with Crippen LogP contribution < -0.4 is 10.1 Å². The van der Waals surface area contributed by atoms with E-state index in [9.17, 15) is 4.79 Å². The highest BCUT2D eigenvalue weighted by Crippen LogP contribution is 2.29. The van der Waals surface area contributed by atoms with Crippen LogP contribution in [-0.4, -0.2) is 29.6 Å². The van der Waals surface area contributed by atoms with Crippen molar-refractivity contribution < 1.29 is 9.53 Å². The summed E-state index contributed by atoms with van der Waals surface area (Å²) in [7, 11) is 0. The zero-order valence-electron chi connectivity index (χ0n) is 13.3. The van der Waals surface area contributed by atoms with Gasteiger partial charge < -0.3 is 10.1 Å². The molecule has 6 heteroatoms. The number of carbonyl (C=O) groups is 1. The minimum absolute atomic E-state index is 0.0294. The average molecular weight is 319 g/mol. The smallest absolute Gasteiger partial charge is 0.236 e. The lowest BCUT2D eigenvalue weighted by Gasteiger charge is -2.15. The summed E-state index contributed by atoms with van der Waals surface area (Å²) in [6.07, 6.45) is 1.72. The van der Waals surface area contributed by atoms with Crippen LogP contribution in [0.2, 0.25) is 0 Å². The second-order valence-corrected chi connectivity index (χ2v) is 6.28. The minimum Gasteiger partial charge on any atom is -0.494 e. The van der Waals surface area contributed by atoms with Gasteiger partial charge in [0, 0.05) is 0 Å². The van der Waals surface area contributed by atoms with Crippen molar-refractivity contribution in [2.24, 2.45) is 10.2 Å². The maximum Gasteiger partial charge on any atom is 0.236 e. The maximum absolute atomic E-state index is 11.1. The normalized spacial score (nSPS) is 16.8. The Labute approximate surface area is 135 Å². The standard InChI is InChI=1S/C16H21N3O2S/c1-5-21-14-6-11(4)12(7-13(14)10(2)3)8-17-19-16-18-15(20)9-22-16/h6-8,10H,5,9H2,1-4H3,(H,18,19,20). The van der Waals surface area contributed by atoms with E-state index in [1.165, 1.54) is 11.8 Å². The summed E-state index contributed by atoms with van der Waals surface area (Å²) in [5, 5.41) is 11.3. The lowest BCUT2D eigenvalue weighted by Crippen LogP contribution is -2.19. The highest BCUT2D eigenvalue weighted by atomic mass is 32.2. The number of amidine groups is 1. The zero-order valence-corrected chi connectivity index (χ0v) is 14.2. The molecule has 1 aromatic carbocycles. The number of thioether (sulfide) groups is 1. The molecule has 1 saturated heterocycles. The lowest BCUT2D eigenvalue weighted by molar-refractivity contribution is -0.116. The number of carbonyl (C=O) groups excluding carboxylic acids is 1. The fraction of sp³-hybridized carbons (Fsp3) is 0.438. The van der Waals surface area contributed by atoms with Crippen LogP contribution in [0.5, 0.6) is 5.75 Å². The summed E-state index contributed by atoms with van der Waals surface area (Å²) in [5.74, 6) is 1.68. The minimum atomic E-state index is -0.0294. The number of benzene rings is 1. The molecule has 118 valence electrons. The third-order valence-corrected chi connectivity index (χ3v) is 4.12. The summed E-state index contributed by atoms with van der Waals surface area (Å²) in [6, 6.07) is 4.13. The molecule has 1 N–H and O–H groups in total. The van der Waals surface area contributed by atoms with Crippen molar-refractivity contribution in [2.75, 3.05) is 12.4 Å². The van der Waals surface area contributed by atoms with E-state index in [-0.39, 0.29) is 5.91 Å². The van der Waals surface area contributed by atoms with Gasteiger partial charge in [0.05, 0.1) is 18.6 Å². The molecular weight excluding hydrogens is 298 g/mol. The molecule has 2 rings (SSSR count). The maximum atomic E-state index is 11.1. The van der Waals surface area contributed by atoms with Crippen molar-refractivity contribution >= 4 is 29.1 Å². The first-order valence-corrected chi connectivity index (χ1v) is 8.30. The zero-order chi connectivity index (χ0) is 16.1. The second-order valence-electron chi connectivity index (χ2n) is 5.32. The molecule has 5 nitrogen and oxygen atoms in total. The van der Waals surface area contributed by atoms with Gasteiger partial charge in [0.2, 0.25) is 5.91 Å². The van der Waals surface area contributed by atoms with Gasteiger partial charge in [-0.15, -0.1) is 5.10 Å². The number of nitrogens with one attached hydrogen (secondary N) is 1. The van der Waals surface area contributed by atoms with E-state index in [1.807, 2.05) is 19.9 Å². The van der Waals surface area contributed by atoms with E-state index in [4.69, 9.17) is 4.74 Å². The van der Waals surface area contributed by atoms with E-state index in [2.05, 4.69) is 35.4 Å². The number of amides is 1. The predicted molar refractivity (Wildman–Crippen MR) is 92.1 cm³/mol. The molecule has 22 heavy (non-hydrogen) atoms. The third-order valence-electron chi connectivity index (χ3n) is 3.25. The van der Waals surface area contributed by atoms with Gasteiger partial charge in [-0.3, -0.25) is 4.79 Å². The molecule has 0 saturated carbocycles. The molecule has 1 heterocycles. The van der Waals surface area contributed by atoms with Gasteiger partial charge in [-0.05, 0) is 48.6 Å². The second kappa shape index (κ2) is 7.45. The molecule has 0 radical (unpaired) electrons. The molecule has 1 aliphatic heterocycles. The van der Waals surface area contributed by atoms with Crippen LogP contribution in [0.3, 0.4) is 0 Å². The third kappa shape index (κ3) is 4.10. The Morgan fingerprint density at radius 3 is 2.82 bits per heavy atom. The van der Waals surface area contributed by atoms with E-state index in [1.54, 1.807) is 6.21 Å². The molecule has 0 bridgehead atoms. The number of nitrogens with zero attached hydrogens (tertiary/aromatic N) is 2. The Kier molecular flexibility index (Phi) is 5.60. The fourth-order valence-corrected chi connectivity index (χ4v) is 2.74. The van der Waals surface area contributed by atoms with Crippen molar-refractivity contribution in [2.45, 2.75) is 33.6 Å². The van der Waals surface area contributed by atoms with Crippen LogP contribution >= 0.6 is 11.8 Å². The van der Waals surface area contributed by atoms with Gasteiger partial charge in [-0.1, -0.05) is 25.6 Å². The van der Waals surface area contributed by atoms with Gasteiger partial charge in [0.25, 0.3) is 0 Å². The molecule has 1 fully saturated rings. The van der Waals surface area contributed by atoms with E-state index < -0.39 is 0 Å². The van der Waals surface area contributed by atoms with Crippen LogP contribution in [0.15, 0.2) is 22.3 Å². The van der Waals surface area contributed by atoms with E-state index in [0.717, 1.165) is 22.4 Å². The number of hydrogen-bond acceptors (Lipinski definition) is 5. The van der Waals surface area contributed by atoms with Gasteiger partial charge in [-0.2, -0.15) is 5.10 Å². The summed E-state index contributed by atoms with van der Waals surface area (Å²) >= 11 is 1.36. The van der Waals surface area contributed by atoms with Crippen molar-refractivity contribution in [3.8, 4) is 5.75 Å². The topological polar surface area (TPSA) is 63.1 Å². The largest absolute Gasteiger partial charge is 0.494 e. The number of rotatable bonds is 5. The quantitative estimate of drug-likeness (QED) is 0.670. The van der Waals surface area contributed by atoms with E-state index >= 15 is 0 Å². The molecular formula is C16H21N3O2S. The Hall–Kier alpha value is -1.82. The molecule has 0 aromatic heterocycles.